The van der Waals surface area contributed by atoms with Gasteiger partial charge in [0.1, 0.15) is 5.75 Å². The van der Waals surface area contributed by atoms with Crippen molar-refractivity contribution in [1.29, 1.82) is 0 Å². The molecule has 1 amide bonds. The molecule has 0 radical (unpaired) electrons. The Hall–Kier alpha value is -1.63. The highest BCUT2D eigenvalue weighted by Crippen LogP contribution is 2.37. The van der Waals surface area contributed by atoms with Gasteiger partial charge in [-0.2, -0.15) is 0 Å². The van der Waals surface area contributed by atoms with Gasteiger partial charge in [-0.3, -0.25) is 9.69 Å². The summed E-state index contributed by atoms with van der Waals surface area (Å²) in [7, 11) is 0. The molecule has 1 heterocycles. The first-order valence-electron chi connectivity index (χ1n) is 8.16. The normalized spacial score (nSPS) is 16.0. The van der Waals surface area contributed by atoms with E-state index < -0.39 is 0 Å². The van der Waals surface area contributed by atoms with Crippen molar-refractivity contribution in [2.75, 3.05) is 4.90 Å². The van der Waals surface area contributed by atoms with Crippen molar-refractivity contribution in [3.8, 4) is 5.75 Å². The minimum Gasteiger partial charge on any atom is -0.490 e. The second kappa shape index (κ2) is 7.94. The van der Waals surface area contributed by atoms with Crippen LogP contribution in [0.4, 0.5) is 5.69 Å². The lowest BCUT2D eigenvalue weighted by Crippen LogP contribution is -2.27. The number of ether oxygens (including phenoxy) is 1. The van der Waals surface area contributed by atoms with Crippen LogP contribution in [0.1, 0.15) is 25.0 Å². The van der Waals surface area contributed by atoms with Crippen molar-refractivity contribution in [2.24, 2.45) is 0 Å². The van der Waals surface area contributed by atoms with E-state index in [9.17, 15) is 4.79 Å². The second-order valence-electron chi connectivity index (χ2n) is 6.21. The van der Waals surface area contributed by atoms with Crippen molar-refractivity contribution in [1.82, 2.24) is 0 Å². The number of aryl methyl sites for hydroxylation is 1. The van der Waals surface area contributed by atoms with E-state index in [1.165, 1.54) is 11.8 Å². The topological polar surface area (TPSA) is 29.5 Å². The fraction of sp³-hybridized carbons (Fsp3) is 0.200. The molecule has 0 bridgehead atoms. The monoisotopic (exact) mass is 447 g/mol. The smallest absolute Gasteiger partial charge is 0.270 e. The molecule has 1 fully saturated rings. The Labute approximate surface area is 171 Å². The maximum Gasteiger partial charge on any atom is 0.270 e. The number of thiocarbonyl (C=S) groups is 1. The van der Waals surface area contributed by atoms with E-state index in [4.69, 9.17) is 17.0 Å². The fourth-order valence-corrected chi connectivity index (χ4v) is 4.35. The molecule has 1 aliphatic heterocycles. The van der Waals surface area contributed by atoms with Gasteiger partial charge in [0.15, 0.2) is 4.32 Å². The van der Waals surface area contributed by atoms with E-state index in [0.29, 0.717) is 9.23 Å². The molecule has 3 rings (SSSR count). The molecule has 0 N–H and O–H groups in total. The van der Waals surface area contributed by atoms with Crippen LogP contribution in [-0.2, 0) is 4.79 Å². The lowest BCUT2D eigenvalue weighted by atomic mass is 10.2. The standard InChI is InChI=1S/C20H18BrNO2S2/c1-12(2)24-17-8-7-14(10-16(17)21)11-18-19(23)22(20(25)26-18)15-6-4-5-13(3)9-15/h4-12H,1-3H3/b18-11+. The molecule has 0 unspecified atom stereocenters. The predicted molar refractivity (Wildman–Crippen MR) is 117 cm³/mol. The zero-order valence-corrected chi connectivity index (χ0v) is 17.9. The van der Waals surface area contributed by atoms with E-state index in [1.807, 2.05) is 69.3 Å². The number of thioether (sulfide) groups is 1. The van der Waals surface area contributed by atoms with Crippen LogP contribution in [-0.4, -0.2) is 16.3 Å². The zero-order valence-electron chi connectivity index (χ0n) is 14.7. The molecule has 1 aliphatic rings. The van der Waals surface area contributed by atoms with Gasteiger partial charge >= 0.3 is 0 Å². The summed E-state index contributed by atoms with van der Waals surface area (Å²) in [4.78, 5) is 15.0. The van der Waals surface area contributed by atoms with Crippen LogP contribution in [0.5, 0.6) is 5.75 Å². The van der Waals surface area contributed by atoms with Crippen LogP contribution < -0.4 is 9.64 Å². The summed E-state index contributed by atoms with van der Waals surface area (Å²) in [5, 5.41) is 0. The third kappa shape index (κ3) is 4.19. The minimum absolute atomic E-state index is 0.0933. The van der Waals surface area contributed by atoms with Crippen molar-refractivity contribution in [3.63, 3.8) is 0 Å². The third-order valence-electron chi connectivity index (χ3n) is 3.67. The lowest BCUT2D eigenvalue weighted by Gasteiger charge is -2.14. The Kier molecular flexibility index (Phi) is 5.85. The number of rotatable bonds is 4. The molecule has 134 valence electrons. The van der Waals surface area contributed by atoms with E-state index in [0.717, 1.165) is 27.0 Å². The Morgan fingerprint density at radius 3 is 2.65 bits per heavy atom. The van der Waals surface area contributed by atoms with Gasteiger partial charge in [-0.1, -0.05) is 42.2 Å². The molecule has 2 aromatic rings. The van der Waals surface area contributed by atoms with Crippen molar-refractivity contribution < 1.29 is 9.53 Å². The van der Waals surface area contributed by atoms with Gasteiger partial charge in [-0.05, 0) is 78.2 Å². The quantitative estimate of drug-likeness (QED) is 0.427. The molecule has 0 aromatic heterocycles. The number of nitrogens with zero attached hydrogens (tertiary/aromatic N) is 1. The van der Waals surface area contributed by atoms with Crippen LogP contribution in [0.25, 0.3) is 6.08 Å². The average molecular weight is 448 g/mol. The largest absolute Gasteiger partial charge is 0.490 e. The lowest BCUT2D eigenvalue weighted by molar-refractivity contribution is -0.113. The summed E-state index contributed by atoms with van der Waals surface area (Å²) >= 11 is 10.3. The van der Waals surface area contributed by atoms with E-state index in [2.05, 4.69) is 15.9 Å². The molecule has 26 heavy (non-hydrogen) atoms. The molecule has 0 spiro atoms. The SMILES string of the molecule is Cc1cccc(N2C(=O)/C(=C\c3ccc(OC(C)C)c(Br)c3)SC2=S)c1. The number of carbonyl (C=O) groups is 1. The van der Waals surface area contributed by atoms with Crippen LogP contribution >= 0.6 is 39.9 Å². The van der Waals surface area contributed by atoms with Crippen LogP contribution in [0.15, 0.2) is 51.8 Å². The first-order chi connectivity index (χ1) is 12.3. The highest BCUT2D eigenvalue weighted by atomic mass is 79.9. The van der Waals surface area contributed by atoms with Gasteiger partial charge in [-0.25, -0.2) is 0 Å². The molecule has 0 aliphatic carbocycles. The van der Waals surface area contributed by atoms with Gasteiger partial charge < -0.3 is 4.74 Å². The Morgan fingerprint density at radius 2 is 2.00 bits per heavy atom. The minimum atomic E-state index is -0.0933. The number of hydrogen-bond donors (Lipinski definition) is 0. The summed E-state index contributed by atoms with van der Waals surface area (Å²) in [6, 6.07) is 13.6. The maximum atomic E-state index is 12.8. The predicted octanol–water partition coefficient (Wildman–Crippen LogP) is 5.95. The number of anilines is 1. The summed E-state index contributed by atoms with van der Waals surface area (Å²) in [6.07, 6.45) is 1.96. The fourth-order valence-electron chi connectivity index (χ4n) is 2.57. The molecular formula is C20H18BrNO2S2. The van der Waals surface area contributed by atoms with Gasteiger partial charge in [0.2, 0.25) is 0 Å². The molecule has 1 saturated heterocycles. The van der Waals surface area contributed by atoms with Gasteiger partial charge in [0, 0.05) is 0 Å². The van der Waals surface area contributed by atoms with Gasteiger partial charge in [0.25, 0.3) is 5.91 Å². The third-order valence-corrected chi connectivity index (χ3v) is 5.59. The number of carbonyl (C=O) groups excluding carboxylic acids is 1. The summed E-state index contributed by atoms with van der Waals surface area (Å²) in [6.45, 7) is 5.96. The highest BCUT2D eigenvalue weighted by Gasteiger charge is 2.33. The zero-order chi connectivity index (χ0) is 18.8. The Bertz CT molecular complexity index is 908. The first kappa shape index (κ1) is 19.1. The first-order valence-corrected chi connectivity index (χ1v) is 10.2. The van der Waals surface area contributed by atoms with Crippen LogP contribution in [0.2, 0.25) is 0 Å². The molecule has 0 saturated carbocycles. The van der Waals surface area contributed by atoms with Crippen LogP contribution in [0.3, 0.4) is 0 Å². The number of halogens is 1. The van der Waals surface area contributed by atoms with Crippen LogP contribution in [0, 0.1) is 6.92 Å². The highest BCUT2D eigenvalue weighted by molar-refractivity contribution is 9.10. The molecule has 3 nitrogen and oxygen atoms in total. The number of hydrogen-bond acceptors (Lipinski definition) is 4. The summed E-state index contributed by atoms with van der Waals surface area (Å²) in [5.41, 5.74) is 2.81. The molecule has 0 atom stereocenters. The molecule has 6 heteroatoms. The summed E-state index contributed by atoms with van der Waals surface area (Å²) < 4.78 is 7.13. The average Bonchev–Trinajstić information content (AvgIpc) is 2.83. The maximum absolute atomic E-state index is 12.8. The van der Waals surface area contributed by atoms with Gasteiger partial charge in [0.05, 0.1) is 21.2 Å². The van der Waals surface area contributed by atoms with E-state index in [1.54, 1.807) is 4.90 Å². The van der Waals surface area contributed by atoms with E-state index >= 15 is 0 Å². The van der Waals surface area contributed by atoms with Crippen molar-refractivity contribution in [2.45, 2.75) is 26.9 Å². The molecular weight excluding hydrogens is 430 g/mol. The van der Waals surface area contributed by atoms with Crippen molar-refractivity contribution in [3.05, 3.63) is 63.0 Å². The number of benzene rings is 2. The number of amides is 1. The Morgan fingerprint density at radius 1 is 1.23 bits per heavy atom. The second-order valence-corrected chi connectivity index (χ2v) is 8.74. The molecule has 2 aromatic carbocycles. The van der Waals surface area contributed by atoms with Crippen molar-refractivity contribution >= 4 is 61.9 Å². The van der Waals surface area contributed by atoms with E-state index in [-0.39, 0.29) is 12.0 Å². The summed E-state index contributed by atoms with van der Waals surface area (Å²) in [5.74, 6) is 0.689. The Balaban J connectivity index is 1.87. The van der Waals surface area contributed by atoms with Gasteiger partial charge in [-0.15, -0.1) is 0 Å².